The van der Waals surface area contributed by atoms with Gasteiger partial charge in [-0.15, -0.1) is 0 Å². The highest BCUT2D eigenvalue weighted by atomic mass is 28.3. The van der Waals surface area contributed by atoms with Crippen molar-refractivity contribution in [2.75, 3.05) is 0 Å². The molecule has 0 fully saturated rings. The molecule has 0 spiro atoms. The van der Waals surface area contributed by atoms with Crippen molar-refractivity contribution >= 4 is 8.07 Å². The second kappa shape index (κ2) is 4.63. The standard InChI is InChI=1S/C10H20OSi/c1-6-9(2)10(11)7-8-12(3,4)5/h6-8,10-11H,1-5H3. The molecule has 0 bridgehead atoms. The van der Waals surface area contributed by atoms with Gasteiger partial charge in [-0.1, -0.05) is 37.5 Å². The summed E-state index contributed by atoms with van der Waals surface area (Å²) in [5, 5.41) is 9.55. The van der Waals surface area contributed by atoms with E-state index in [9.17, 15) is 5.11 Å². The third-order valence-electron chi connectivity index (χ3n) is 1.70. The SMILES string of the molecule is CC=C(C)C(O)C=C[Si](C)(C)C. The highest BCUT2D eigenvalue weighted by Crippen LogP contribution is 2.07. The van der Waals surface area contributed by atoms with Crippen LogP contribution in [-0.2, 0) is 0 Å². The maximum absolute atomic E-state index is 9.55. The zero-order valence-electron chi connectivity index (χ0n) is 8.76. The van der Waals surface area contributed by atoms with Gasteiger partial charge >= 0.3 is 0 Å². The van der Waals surface area contributed by atoms with Gasteiger partial charge in [-0.05, 0) is 19.4 Å². The Morgan fingerprint density at radius 2 is 1.83 bits per heavy atom. The zero-order chi connectivity index (χ0) is 9.78. The number of allylic oxidation sites excluding steroid dienone is 1. The minimum Gasteiger partial charge on any atom is -0.385 e. The largest absolute Gasteiger partial charge is 0.385 e. The Bertz CT molecular complexity index is 187. The molecule has 0 aliphatic heterocycles. The number of hydrogen-bond acceptors (Lipinski definition) is 1. The van der Waals surface area contributed by atoms with Gasteiger partial charge in [0, 0.05) is 0 Å². The van der Waals surface area contributed by atoms with Crippen LogP contribution in [-0.4, -0.2) is 19.3 Å². The molecule has 0 aliphatic carbocycles. The third kappa shape index (κ3) is 5.33. The Kier molecular flexibility index (Phi) is 4.49. The molecule has 1 nitrogen and oxygen atoms in total. The van der Waals surface area contributed by atoms with Crippen molar-refractivity contribution in [1.29, 1.82) is 0 Å². The van der Waals surface area contributed by atoms with E-state index in [2.05, 4.69) is 25.3 Å². The number of aliphatic hydroxyl groups is 1. The lowest BCUT2D eigenvalue weighted by Gasteiger charge is -2.11. The van der Waals surface area contributed by atoms with Crippen LogP contribution in [0.4, 0.5) is 0 Å². The molecule has 0 aromatic rings. The second-order valence-corrected chi connectivity index (χ2v) is 9.27. The van der Waals surface area contributed by atoms with Crippen molar-refractivity contribution in [2.24, 2.45) is 0 Å². The number of aliphatic hydroxyl groups excluding tert-OH is 1. The van der Waals surface area contributed by atoms with Crippen LogP contribution in [0.2, 0.25) is 19.6 Å². The molecule has 0 aromatic heterocycles. The maximum atomic E-state index is 9.55. The van der Waals surface area contributed by atoms with Gasteiger partial charge in [0.25, 0.3) is 0 Å². The number of rotatable bonds is 3. The molecular formula is C10H20OSi. The fraction of sp³-hybridized carbons (Fsp3) is 0.600. The van der Waals surface area contributed by atoms with E-state index in [1.54, 1.807) is 0 Å². The van der Waals surface area contributed by atoms with Gasteiger partial charge in [0.05, 0.1) is 14.2 Å². The van der Waals surface area contributed by atoms with Gasteiger partial charge in [-0.3, -0.25) is 0 Å². The first-order valence-corrected chi connectivity index (χ1v) is 7.95. The van der Waals surface area contributed by atoms with Gasteiger partial charge in [0.2, 0.25) is 0 Å². The normalized spacial score (nSPS) is 17.0. The van der Waals surface area contributed by atoms with E-state index in [-0.39, 0.29) is 6.10 Å². The van der Waals surface area contributed by atoms with Crippen LogP contribution in [0.25, 0.3) is 0 Å². The summed E-state index contributed by atoms with van der Waals surface area (Å²) in [6.07, 6.45) is 3.46. The molecule has 0 rings (SSSR count). The second-order valence-electron chi connectivity index (χ2n) is 4.20. The molecule has 1 unspecified atom stereocenters. The van der Waals surface area contributed by atoms with Gasteiger partial charge in [-0.2, -0.15) is 0 Å². The minimum atomic E-state index is -1.15. The van der Waals surface area contributed by atoms with Crippen LogP contribution in [0.1, 0.15) is 13.8 Å². The molecule has 1 N–H and O–H groups in total. The Morgan fingerprint density at radius 1 is 1.33 bits per heavy atom. The summed E-state index contributed by atoms with van der Waals surface area (Å²) < 4.78 is 0. The van der Waals surface area contributed by atoms with Crippen molar-refractivity contribution in [3.63, 3.8) is 0 Å². The number of hydrogen-bond donors (Lipinski definition) is 1. The van der Waals surface area contributed by atoms with Crippen LogP contribution in [0, 0.1) is 0 Å². The van der Waals surface area contributed by atoms with E-state index >= 15 is 0 Å². The molecule has 0 saturated carbocycles. The van der Waals surface area contributed by atoms with E-state index in [0.717, 1.165) is 5.57 Å². The van der Waals surface area contributed by atoms with Gasteiger partial charge in [-0.25, -0.2) is 0 Å². The van der Waals surface area contributed by atoms with Crippen molar-refractivity contribution in [1.82, 2.24) is 0 Å². The first kappa shape index (κ1) is 11.7. The van der Waals surface area contributed by atoms with Crippen molar-refractivity contribution in [3.05, 3.63) is 23.4 Å². The smallest absolute Gasteiger partial charge is 0.0925 e. The van der Waals surface area contributed by atoms with Crippen molar-refractivity contribution < 1.29 is 5.11 Å². The summed E-state index contributed by atoms with van der Waals surface area (Å²) in [5.74, 6) is 0. The van der Waals surface area contributed by atoms with Crippen molar-refractivity contribution in [3.8, 4) is 0 Å². The van der Waals surface area contributed by atoms with E-state index in [1.165, 1.54) is 0 Å². The van der Waals surface area contributed by atoms with E-state index < -0.39 is 8.07 Å². The molecular weight excluding hydrogens is 164 g/mol. The van der Waals surface area contributed by atoms with Crippen molar-refractivity contribution in [2.45, 2.75) is 39.6 Å². The van der Waals surface area contributed by atoms with Crippen LogP contribution in [0.5, 0.6) is 0 Å². The molecule has 0 aliphatic rings. The fourth-order valence-corrected chi connectivity index (χ4v) is 1.46. The fourth-order valence-electron chi connectivity index (χ4n) is 0.702. The zero-order valence-corrected chi connectivity index (χ0v) is 9.76. The predicted octanol–water partition coefficient (Wildman–Crippen LogP) is 2.75. The van der Waals surface area contributed by atoms with Crippen LogP contribution in [0.15, 0.2) is 23.4 Å². The Labute approximate surface area is 76.8 Å². The Hall–Kier alpha value is -0.343. The molecule has 0 radical (unpaired) electrons. The minimum absolute atomic E-state index is 0.387. The Balaban J connectivity index is 4.18. The first-order valence-electron chi connectivity index (χ1n) is 4.37. The molecule has 0 amide bonds. The Morgan fingerprint density at radius 3 is 2.17 bits per heavy atom. The van der Waals surface area contributed by atoms with Crippen LogP contribution < -0.4 is 0 Å². The van der Waals surface area contributed by atoms with Gasteiger partial charge in [0.1, 0.15) is 0 Å². The van der Waals surface area contributed by atoms with Gasteiger partial charge < -0.3 is 5.11 Å². The van der Waals surface area contributed by atoms with Crippen LogP contribution in [0.3, 0.4) is 0 Å². The quantitative estimate of drug-likeness (QED) is 0.528. The van der Waals surface area contributed by atoms with E-state index in [1.807, 2.05) is 26.0 Å². The summed E-state index contributed by atoms with van der Waals surface area (Å²) in [4.78, 5) is 0. The summed E-state index contributed by atoms with van der Waals surface area (Å²) in [6.45, 7) is 10.6. The molecule has 0 saturated heterocycles. The highest BCUT2D eigenvalue weighted by molar-refractivity contribution is 6.80. The van der Waals surface area contributed by atoms with E-state index in [0.29, 0.717) is 0 Å². The average molecular weight is 184 g/mol. The summed E-state index contributed by atoms with van der Waals surface area (Å²) in [7, 11) is -1.15. The molecule has 12 heavy (non-hydrogen) atoms. The van der Waals surface area contributed by atoms with E-state index in [4.69, 9.17) is 0 Å². The summed E-state index contributed by atoms with van der Waals surface area (Å²) in [5.41, 5.74) is 3.19. The average Bonchev–Trinajstić information content (AvgIpc) is 1.97. The maximum Gasteiger partial charge on any atom is 0.0925 e. The molecule has 0 heterocycles. The summed E-state index contributed by atoms with van der Waals surface area (Å²) in [6, 6.07) is 0. The molecule has 70 valence electrons. The predicted molar refractivity (Wildman–Crippen MR) is 57.9 cm³/mol. The molecule has 2 heteroatoms. The highest BCUT2D eigenvalue weighted by Gasteiger charge is 2.08. The lowest BCUT2D eigenvalue weighted by atomic mass is 10.2. The topological polar surface area (TPSA) is 20.2 Å². The van der Waals surface area contributed by atoms with Crippen LogP contribution >= 0.6 is 0 Å². The third-order valence-corrected chi connectivity index (χ3v) is 2.89. The molecule has 1 atom stereocenters. The molecule has 0 aromatic carbocycles. The lowest BCUT2D eigenvalue weighted by molar-refractivity contribution is 0.259. The summed E-state index contributed by atoms with van der Waals surface area (Å²) >= 11 is 0. The first-order chi connectivity index (χ1) is 5.37. The van der Waals surface area contributed by atoms with Gasteiger partial charge in [0.15, 0.2) is 0 Å². The monoisotopic (exact) mass is 184 g/mol. The lowest BCUT2D eigenvalue weighted by Crippen LogP contribution is -2.17.